The zero-order valence-electron chi connectivity index (χ0n) is 14.9. The third kappa shape index (κ3) is 8.94. The number of carbonyl (C=O) groups excluding carboxylic acids is 1. The molecule has 0 saturated carbocycles. The summed E-state index contributed by atoms with van der Waals surface area (Å²) < 4.78 is 0. The Labute approximate surface area is 144 Å². The summed E-state index contributed by atoms with van der Waals surface area (Å²) in [6.07, 6.45) is 3.35. The molecule has 0 aromatic carbocycles. The second-order valence-electron chi connectivity index (χ2n) is 6.61. The van der Waals surface area contributed by atoms with Gasteiger partial charge in [0.05, 0.1) is 6.61 Å². The average Bonchev–Trinajstić information content (AvgIpc) is 2.57. The van der Waals surface area contributed by atoms with E-state index in [2.05, 4.69) is 12.2 Å². The fraction of sp³-hybridized carbons (Fsp3) is 0.941. The van der Waals surface area contributed by atoms with Crippen molar-refractivity contribution in [1.29, 1.82) is 0 Å². The van der Waals surface area contributed by atoms with E-state index in [1.54, 1.807) is 0 Å². The van der Waals surface area contributed by atoms with Crippen LogP contribution in [-0.2, 0) is 4.79 Å². The second kappa shape index (κ2) is 12.6. The molecule has 0 aliphatic rings. The summed E-state index contributed by atoms with van der Waals surface area (Å²) in [7, 11) is 0. The maximum atomic E-state index is 11.7. The molecule has 0 rings (SSSR count). The number of carbonyl (C=O) groups is 1. The lowest BCUT2D eigenvalue weighted by atomic mass is 9.89. The highest BCUT2D eigenvalue weighted by atomic mass is 16.4. The van der Waals surface area contributed by atoms with Crippen LogP contribution >= 0.6 is 0 Å². The van der Waals surface area contributed by atoms with Gasteiger partial charge in [-0.1, -0.05) is 45.4 Å². The van der Waals surface area contributed by atoms with E-state index in [1.165, 1.54) is 25.7 Å². The Bertz CT molecular complexity index is 337. The maximum absolute atomic E-state index is 11.7. The minimum absolute atomic E-state index is 0.225. The zero-order valence-corrected chi connectivity index (χ0v) is 14.9. The SMILES string of the molecule is CCCCCCCCCC(=O)NCC(O)C(O)C(C)(O)C(O)CO. The van der Waals surface area contributed by atoms with E-state index in [9.17, 15) is 25.2 Å². The van der Waals surface area contributed by atoms with Crippen LogP contribution in [0.1, 0.15) is 65.2 Å². The molecule has 7 heteroatoms. The molecule has 0 saturated heterocycles. The van der Waals surface area contributed by atoms with Crippen LogP contribution in [0.5, 0.6) is 0 Å². The number of amides is 1. The van der Waals surface area contributed by atoms with Crippen molar-refractivity contribution in [2.45, 2.75) is 89.1 Å². The molecule has 0 fully saturated rings. The molecule has 24 heavy (non-hydrogen) atoms. The van der Waals surface area contributed by atoms with Crippen molar-refractivity contribution in [3.63, 3.8) is 0 Å². The summed E-state index contributed by atoms with van der Waals surface area (Å²) in [4.78, 5) is 11.7. The molecule has 144 valence electrons. The molecule has 4 unspecified atom stereocenters. The summed E-state index contributed by atoms with van der Waals surface area (Å²) in [5.74, 6) is -0.225. The van der Waals surface area contributed by atoms with Crippen LogP contribution in [0.25, 0.3) is 0 Å². The lowest BCUT2D eigenvalue weighted by Crippen LogP contribution is -2.57. The fourth-order valence-electron chi connectivity index (χ4n) is 2.43. The van der Waals surface area contributed by atoms with Gasteiger partial charge in [0.15, 0.2) is 0 Å². The lowest BCUT2D eigenvalue weighted by molar-refractivity contribution is -0.174. The van der Waals surface area contributed by atoms with E-state index in [0.29, 0.717) is 6.42 Å². The first kappa shape index (κ1) is 23.3. The number of aliphatic hydroxyl groups is 5. The molecule has 7 nitrogen and oxygen atoms in total. The zero-order chi connectivity index (χ0) is 18.6. The van der Waals surface area contributed by atoms with E-state index >= 15 is 0 Å². The number of aliphatic hydroxyl groups excluding tert-OH is 4. The Balaban J connectivity index is 3.93. The highest BCUT2D eigenvalue weighted by Gasteiger charge is 2.41. The van der Waals surface area contributed by atoms with Crippen molar-refractivity contribution < 1.29 is 30.3 Å². The normalized spacial score (nSPS) is 17.8. The van der Waals surface area contributed by atoms with Crippen LogP contribution in [0.2, 0.25) is 0 Å². The highest BCUT2D eigenvalue weighted by Crippen LogP contribution is 2.18. The van der Waals surface area contributed by atoms with Gasteiger partial charge in [-0.2, -0.15) is 0 Å². The first-order valence-electron chi connectivity index (χ1n) is 8.91. The van der Waals surface area contributed by atoms with E-state index in [4.69, 9.17) is 5.11 Å². The van der Waals surface area contributed by atoms with Gasteiger partial charge in [0.2, 0.25) is 5.91 Å². The largest absolute Gasteiger partial charge is 0.394 e. The second-order valence-corrected chi connectivity index (χ2v) is 6.61. The maximum Gasteiger partial charge on any atom is 0.220 e. The third-order valence-electron chi connectivity index (χ3n) is 4.33. The first-order chi connectivity index (χ1) is 11.3. The van der Waals surface area contributed by atoms with Crippen LogP contribution in [0.4, 0.5) is 0 Å². The standard InChI is InChI=1S/C17H35NO6/c1-3-4-5-6-7-8-9-10-15(22)18-11-13(20)16(23)17(2,24)14(21)12-19/h13-14,16,19-21,23-24H,3-12H2,1-2H3,(H,18,22). The van der Waals surface area contributed by atoms with Crippen molar-refractivity contribution >= 4 is 5.91 Å². The average molecular weight is 349 g/mol. The predicted molar refractivity (Wildman–Crippen MR) is 91.3 cm³/mol. The van der Waals surface area contributed by atoms with Crippen molar-refractivity contribution in [2.24, 2.45) is 0 Å². The number of nitrogens with one attached hydrogen (secondary N) is 1. The van der Waals surface area contributed by atoms with Crippen LogP contribution in [0.3, 0.4) is 0 Å². The molecule has 0 heterocycles. The van der Waals surface area contributed by atoms with Crippen molar-refractivity contribution in [2.75, 3.05) is 13.2 Å². The van der Waals surface area contributed by atoms with Gasteiger partial charge in [0.1, 0.15) is 23.9 Å². The molecular formula is C17H35NO6. The third-order valence-corrected chi connectivity index (χ3v) is 4.33. The number of hydrogen-bond acceptors (Lipinski definition) is 6. The Kier molecular flexibility index (Phi) is 12.2. The molecule has 4 atom stereocenters. The van der Waals surface area contributed by atoms with Gasteiger partial charge in [-0.25, -0.2) is 0 Å². The molecular weight excluding hydrogens is 314 g/mol. The number of unbranched alkanes of at least 4 members (excludes halogenated alkanes) is 6. The van der Waals surface area contributed by atoms with Crippen LogP contribution in [-0.4, -0.2) is 68.5 Å². The molecule has 0 radical (unpaired) electrons. The molecule has 0 bridgehead atoms. The quantitative estimate of drug-likeness (QED) is 0.246. The lowest BCUT2D eigenvalue weighted by Gasteiger charge is -2.35. The Morgan fingerprint density at radius 3 is 2.12 bits per heavy atom. The smallest absolute Gasteiger partial charge is 0.220 e. The summed E-state index contributed by atoms with van der Waals surface area (Å²) in [6, 6.07) is 0. The minimum atomic E-state index is -2.07. The van der Waals surface area contributed by atoms with Gasteiger partial charge < -0.3 is 30.8 Å². The number of hydrogen-bond donors (Lipinski definition) is 6. The molecule has 0 aromatic heterocycles. The summed E-state index contributed by atoms with van der Waals surface area (Å²) in [6.45, 7) is 2.30. The van der Waals surface area contributed by atoms with Gasteiger partial charge >= 0.3 is 0 Å². The van der Waals surface area contributed by atoms with E-state index in [0.717, 1.165) is 26.2 Å². The Morgan fingerprint density at radius 1 is 1.04 bits per heavy atom. The van der Waals surface area contributed by atoms with Gasteiger partial charge in [0, 0.05) is 13.0 Å². The Hall–Kier alpha value is -0.730. The summed E-state index contributed by atoms with van der Waals surface area (Å²) in [5, 5.41) is 50.4. The van der Waals surface area contributed by atoms with E-state index < -0.39 is 30.5 Å². The molecule has 0 aliphatic heterocycles. The van der Waals surface area contributed by atoms with Crippen LogP contribution in [0.15, 0.2) is 0 Å². The number of rotatable bonds is 14. The van der Waals surface area contributed by atoms with Gasteiger partial charge in [0.25, 0.3) is 0 Å². The molecule has 0 aliphatic carbocycles. The summed E-state index contributed by atoms with van der Waals surface area (Å²) >= 11 is 0. The Morgan fingerprint density at radius 2 is 1.58 bits per heavy atom. The first-order valence-corrected chi connectivity index (χ1v) is 8.91. The van der Waals surface area contributed by atoms with Gasteiger partial charge in [-0.15, -0.1) is 0 Å². The van der Waals surface area contributed by atoms with E-state index in [-0.39, 0.29) is 12.5 Å². The molecule has 6 N–H and O–H groups in total. The van der Waals surface area contributed by atoms with Crippen molar-refractivity contribution in [3.05, 3.63) is 0 Å². The highest BCUT2D eigenvalue weighted by molar-refractivity contribution is 5.75. The van der Waals surface area contributed by atoms with E-state index in [1.807, 2.05) is 0 Å². The van der Waals surface area contributed by atoms with Crippen LogP contribution in [0, 0.1) is 0 Å². The van der Waals surface area contributed by atoms with Gasteiger partial charge in [-0.3, -0.25) is 4.79 Å². The van der Waals surface area contributed by atoms with Crippen molar-refractivity contribution in [1.82, 2.24) is 5.32 Å². The minimum Gasteiger partial charge on any atom is -0.394 e. The summed E-state index contributed by atoms with van der Waals surface area (Å²) in [5.41, 5.74) is -2.07. The van der Waals surface area contributed by atoms with Crippen LogP contribution < -0.4 is 5.32 Å². The molecule has 0 aromatic rings. The monoisotopic (exact) mass is 349 g/mol. The van der Waals surface area contributed by atoms with Gasteiger partial charge in [-0.05, 0) is 13.3 Å². The fourth-order valence-corrected chi connectivity index (χ4v) is 2.43. The van der Waals surface area contributed by atoms with Crippen molar-refractivity contribution in [3.8, 4) is 0 Å². The predicted octanol–water partition coefficient (Wildman–Crippen LogP) is 0.0693. The molecule has 0 spiro atoms. The molecule has 1 amide bonds. The topological polar surface area (TPSA) is 130 Å².